The predicted octanol–water partition coefficient (Wildman–Crippen LogP) is 10.5. The molecule has 61 heavy (non-hydrogen) atoms. The van der Waals surface area contributed by atoms with E-state index in [1.165, 1.54) is 173 Å². The van der Waals surface area contributed by atoms with Gasteiger partial charge in [-0.25, -0.2) is 0 Å². The number of hydrogen-bond acceptors (Lipinski definition) is 9. The van der Waals surface area contributed by atoms with Crippen molar-refractivity contribution in [3.63, 3.8) is 0 Å². The molecule has 0 radical (unpaired) electrons. The van der Waals surface area contributed by atoms with Gasteiger partial charge in [-0.1, -0.05) is 206 Å². The molecule has 364 valence electrons. The van der Waals surface area contributed by atoms with E-state index in [9.17, 15) is 35.4 Å². The largest absolute Gasteiger partial charge is 0.394 e. The zero-order valence-electron chi connectivity index (χ0n) is 39.8. The molecule has 0 bridgehead atoms. The van der Waals surface area contributed by atoms with Gasteiger partial charge in [0.2, 0.25) is 5.91 Å². The SMILES string of the molecule is CCCCCCCCCCCCCC[C@@H](O)[C@@H](O)[C@H](CC[C@H]1OC(CO)[C@H](O)C(O)C1O)NC(=O)CCCCCCCCCCCCCCCCCCCOCCCCCC. The van der Waals surface area contributed by atoms with Crippen molar-refractivity contribution in [1.82, 2.24) is 5.32 Å². The van der Waals surface area contributed by atoms with Gasteiger partial charge >= 0.3 is 0 Å². The second-order valence-electron chi connectivity index (χ2n) is 18.8. The van der Waals surface area contributed by atoms with Crippen LogP contribution in [-0.4, -0.2) is 105 Å². The van der Waals surface area contributed by atoms with Gasteiger partial charge in [-0.3, -0.25) is 4.79 Å². The van der Waals surface area contributed by atoms with Crippen LogP contribution < -0.4 is 5.32 Å². The molecule has 0 aromatic heterocycles. The highest BCUT2D eigenvalue weighted by atomic mass is 16.5. The second kappa shape index (κ2) is 41.8. The lowest BCUT2D eigenvalue weighted by atomic mass is 9.90. The van der Waals surface area contributed by atoms with E-state index < -0.39 is 55.4 Å². The van der Waals surface area contributed by atoms with E-state index in [1.54, 1.807) is 0 Å². The maximum Gasteiger partial charge on any atom is 0.220 e. The number of aliphatic hydroxyl groups excluding tert-OH is 6. The maximum absolute atomic E-state index is 13.1. The molecule has 8 atom stereocenters. The lowest BCUT2D eigenvalue weighted by Crippen LogP contribution is -2.59. The van der Waals surface area contributed by atoms with E-state index in [4.69, 9.17) is 9.47 Å². The molecule has 10 nitrogen and oxygen atoms in total. The van der Waals surface area contributed by atoms with Gasteiger partial charge in [0, 0.05) is 19.6 Å². The Hall–Kier alpha value is -0.850. The third kappa shape index (κ3) is 31.6. The number of amides is 1. The van der Waals surface area contributed by atoms with Gasteiger partial charge in [0.25, 0.3) is 0 Å². The Kier molecular flexibility index (Phi) is 39.9. The summed E-state index contributed by atoms with van der Waals surface area (Å²) >= 11 is 0. The molecule has 1 heterocycles. The maximum atomic E-state index is 13.1. The van der Waals surface area contributed by atoms with Crippen LogP contribution in [0.3, 0.4) is 0 Å². The van der Waals surface area contributed by atoms with Crippen molar-refractivity contribution in [2.75, 3.05) is 19.8 Å². The Morgan fingerprint density at radius 3 is 1.33 bits per heavy atom. The molecule has 1 aliphatic heterocycles. The fourth-order valence-electron chi connectivity index (χ4n) is 8.88. The summed E-state index contributed by atoms with van der Waals surface area (Å²) in [5.41, 5.74) is 0. The first-order valence-corrected chi connectivity index (χ1v) is 26.3. The lowest BCUT2D eigenvalue weighted by molar-refractivity contribution is -0.231. The summed E-state index contributed by atoms with van der Waals surface area (Å²) in [4.78, 5) is 13.1. The summed E-state index contributed by atoms with van der Waals surface area (Å²) in [6.07, 6.45) is 33.6. The van der Waals surface area contributed by atoms with E-state index in [1.807, 2.05) is 0 Å². The summed E-state index contributed by atoms with van der Waals surface area (Å²) < 4.78 is 11.4. The van der Waals surface area contributed by atoms with E-state index in [0.29, 0.717) is 12.8 Å². The van der Waals surface area contributed by atoms with Crippen LogP contribution >= 0.6 is 0 Å². The van der Waals surface area contributed by atoms with Crippen LogP contribution in [0.4, 0.5) is 0 Å². The van der Waals surface area contributed by atoms with Crippen LogP contribution in [0.1, 0.15) is 251 Å². The van der Waals surface area contributed by atoms with Crippen LogP contribution in [0.2, 0.25) is 0 Å². The van der Waals surface area contributed by atoms with Gasteiger partial charge in [0.1, 0.15) is 24.4 Å². The molecular weight excluding hydrogens is 771 g/mol. The van der Waals surface area contributed by atoms with E-state index >= 15 is 0 Å². The Balaban J connectivity index is 2.24. The molecule has 0 aromatic carbocycles. The van der Waals surface area contributed by atoms with E-state index in [-0.39, 0.29) is 18.7 Å². The number of nitrogens with one attached hydrogen (secondary N) is 1. The zero-order chi connectivity index (χ0) is 44.6. The molecule has 0 aromatic rings. The highest BCUT2D eigenvalue weighted by Gasteiger charge is 2.43. The van der Waals surface area contributed by atoms with Crippen molar-refractivity contribution in [1.29, 1.82) is 0 Å². The van der Waals surface area contributed by atoms with Gasteiger partial charge in [0.15, 0.2) is 0 Å². The van der Waals surface area contributed by atoms with Crippen molar-refractivity contribution in [2.45, 2.75) is 300 Å². The standard InChI is InChI=1S/C51H101NO9/c1-3-5-7-9-10-11-12-20-23-26-29-32-36-44(54)48(56)43(38-39-45-49(57)51(59)50(58)46(42-53)61-45)52-47(55)37-33-30-27-24-21-18-16-14-13-15-17-19-22-25-28-31-35-41-60-40-34-8-6-4-2/h43-46,48-51,53-54,56-59H,3-42H2,1-2H3,(H,52,55)/t43-,44+,45+,46?,48-,49?,50-,51?/m0/s1. The zero-order valence-corrected chi connectivity index (χ0v) is 39.8. The molecule has 1 rings (SSSR count). The van der Waals surface area contributed by atoms with E-state index in [0.717, 1.165) is 51.7 Å². The summed E-state index contributed by atoms with van der Waals surface area (Å²) in [6.45, 7) is 5.85. The van der Waals surface area contributed by atoms with Crippen molar-refractivity contribution in [3.8, 4) is 0 Å². The minimum Gasteiger partial charge on any atom is -0.394 e. The third-order valence-corrected chi connectivity index (χ3v) is 13.1. The molecule has 1 saturated heterocycles. The molecule has 3 unspecified atom stereocenters. The van der Waals surface area contributed by atoms with Crippen LogP contribution in [0.15, 0.2) is 0 Å². The molecule has 0 spiro atoms. The van der Waals surface area contributed by atoms with Crippen molar-refractivity contribution in [3.05, 3.63) is 0 Å². The number of unbranched alkanes of at least 4 members (excludes halogenated alkanes) is 30. The summed E-state index contributed by atoms with van der Waals surface area (Å²) in [5, 5.41) is 65.8. The molecule has 1 fully saturated rings. The smallest absolute Gasteiger partial charge is 0.220 e. The topological polar surface area (TPSA) is 169 Å². The van der Waals surface area contributed by atoms with Crippen LogP contribution in [0.25, 0.3) is 0 Å². The summed E-state index contributed by atoms with van der Waals surface area (Å²) in [6, 6.07) is -0.766. The molecule has 1 amide bonds. The first-order chi connectivity index (χ1) is 29.8. The van der Waals surface area contributed by atoms with Crippen molar-refractivity contribution in [2.24, 2.45) is 0 Å². The first kappa shape index (κ1) is 58.2. The fraction of sp³-hybridized carbons (Fsp3) is 0.980. The van der Waals surface area contributed by atoms with Gasteiger partial charge < -0.3 is 45.4 Å². The summed E-state index contributed by atoms with van der Waals surface area (Å²) in [7, 11) is 0. The summed E-state index contributed by atoms with van der Waals surface area (Å²) in [5.74, 6) is -0.177. The van der Waals surface area contributed by atoms with Gasteiger partial charge in [-0.2, -0.15) is 0 Å². The van der Waals surface area contributed by atoms with Crippen LogP contribution in [-0.2, 0) is 14.3 Å². The lowest BCUT2D eigenvalue weighted by Gasteiger charge is -2.40. The van der Waals surface area contributed by atoms with Crippen LogP contribution in [0.5, 0.6) is 0 Å². The molecule has 0 aliphatic carbocycles. The Labute approximate surface area is 375 Å². The fourth-order valence-corrected chi connectivity index (χ4v) is 8.88. The number of aliphatic hydroxyl groups is 6. The van der Waals surface area contributed by atoms with Crippen molar-refractivity contribution < 1.29 is 44.9 Å². The van der Waals surface area contributed by atoms with E-state index in [2.05, 4.69) is 19.2 Å². The molecule has 1 aliphatic rings. The highest BCUT2D eigenvalue weighted by Crippen LogP contribution is 2.26. The van der Waals surface area contributed by atoms with Gasteiger partial charge in [-0.05, 0) is 38.5 Å². The number of ether oxygens (including phenoxy) is 2. The average Bonchev–Trinajstić information content (AvgIpc) is 3.26. The first-order valence-electron chi connectivity index (χ1n) is 26.3. The van der Waals surface area contributed by atoms with Gasteiger partial charge in [-0.15, -0.1) is 0 Å². The monoisotopic (exact) mass is 872 g/mol. The molecule has 7 N–H and O–H groups in total. The second-order valence-corrected chi connectivity index (χ2v) is 18.8. The molecule has 10 heteroatoms. The number of carbonyl (C=O) groups excluding carboxylic acids is 1. The normalized spacial score (nSPS) is 20.8. The van der Waals surface area contributed by atoms with Crippen molar-refractivity contribution >= 4 is 5.91 Å². The highest BCUT2D eigenvalue weighted by molar-refractivity contribution is 5.76. The number of hydrogen-bond donors (Lipinski definition) is 7. The minimum atomic E-state index is -1.48. The number of carbonyl (C=O) groups is 1. The average molecular weight is 872 g/mol. The van der Waals surface area contributed by atoms with Gasteiger partial charge in [0.05, 0.1) is 31.0 Å². The predicted molar refractivity (Wildman–Crippen MR) is 251 cm³/mol. The number of rotatable bonds is 45. The molecule has 0 saturated carbocycles. The third-order valence-electron chi connectivity index (χ3n) is 13.1. The Bertz CT molecular complexity index is 942. The Morgan fingerprint density at radius 2 is 0.885 bits per heavy atom. The quantitative estimate of drug-likeness (QED) is 0.0295. The Morgan fingerprint density at radius 1 is 0.508 bits per heavy atom. The van der Waals surface area contributed by atoms with Crippen LogP contribution in [0, 0.1) is 0 Å². The minimum absolute atomic E-state index is 0.158. The molecular formula is C51H101NO9.